The van der Waals surface area contributed by atoms with Crippen LogP contribution < -0.4 is 11.1 Å². The van der Waals surface area contributed by atoms with E-state index in [1.54, 1.807) is 24.4 Å². The highest BCUT2D eigenvalue weighted by atomic mass is 19.3. The van der Waals surface area contributed by atoms with E-state index in [-0.39, 0.29) is 5.96 Å². The van der Waals surface area contributed by atoms with Crippen molar-refractivity contribution in [2.45, 2.75) is 6.43 Å². The molecule has 0 bridgehead atoms. The molecule has 14 heavy (non-hydrogen) atoms. The van der Waals surface area contributed by atoms with Gasteiger partial charge in [0.05, 0.1) is 0 Å². The molecule has 0 atom stereocenters. The van der Waals surface area contributed by atoms with Gasteiger partial charge in [-0.15, -0.1) is 0 Å². The summed E-state index contributed by atoms with van der Waals surface area (Å²) in [5, 5.41) is 2.58. The summed E-state index contributed by atoms with van der Waals surface area (Å²) < 4.78 is 23.5. The Bertz CT molecular complexity index is 299. The first kappa shape index (κ1) is 10.4. The second-order valence-electron chi connectivity index (χ2n) is 2.46. The summed E-state index contributed by atoms with van der Waals surface area (Å²) in [6.45, 7) is -0.605. The molecule has 76 valence electrons. The molecule has 1 aromatic heterocycles. The summed E-state index contributed by atoms with van der Waals surface area (Å²) in [5.74, 6) is 0.409. The van der Waals surface area contributed by atoms with Crippen molar-refractivity contribution in [3.63, 3.8) is 0 Å². The van der Waals surface area contributed by atoms with Gasteiger partial charge < -0.3 is 11.1 Å². The fourth-order valence-corrected chi connectivity index (χ4v) is 0.775. The molecule has 1 rings (SSSR count). The zero-order chi connectivity index (χ0) is 10.4. The van der Waals surface area contributed by atoms with Crippen LogP contribution in [-0.2, 0) is 0 Å². The standard InChI is InChI=1S/C8H10F2N4/c9-6(10)5-13-8(11)14-7-3-1-2-4-12-7/h1-4,6H,5H2,(H3,11,12,13,14). The Morgan fingerprint density at radius 2 is 2.36 bits per heavy atom. The Morgan fingerprint density at radius 1 is 1.57 bits per heavy atom. The number of aromatic nitrogens is 1. The van der Waals surface area contributed by atoms with Gasteiger partial charge in [-0.05, 0) is 12.1 Å². The summed E-state index contributed by atoms with van der Waals surface area (Å²) in [6, 6.07) is 5.14. The molecule has 0 saturated carbocycles. The summed E-state index contributed by atoms with van der Waals surface area (Å²) in [7, 11) is 0. The molecule has 0 saturated heterocycles. The molecule has 0 fully saturated rings. The number of guanidine groups is 1. The van der Waals surface area contributed by atoms with E-state index in [0.29, 0.717) is 5.82 Å². The molecule has 1 aromatic rings. The molecule has 1 heterocycles. The van der Waals surface area contributed by atoms with Gasteiger partial charge in [-0.25, -0.2) is 18.8 Å². The molecule has 0 aliphatic heterocycles. The lowest BCUT2D eigenvalue weighted by atomic mass is 10.5. The number of nitrogens with one attached hydrogen (secondary N) is 1. The monoisotopic (exact) mass is 200 g/mol. The number of anilines is 1. The maximum absolute atomic E-state index is 11.7. The molecule has 4 nitrogen and oxygen atoms in total. The summed E-state index contributed by atoms with van der Waals surface area (Å²) in [4.78, 5) is 7.30. The normalized spacial score (nSPS) is 11.8. The summed E-state index contributed by atoms with van der Waals surface area (Å²) >= 11 is 0. The van der Waals surface area contributed by atoms with E-state index in [2.05, 4.69) is 15.3 Å². The maximum Gasteiger partial charge on any atom is 0.257 e. The third-order valence-electron chi connectivity index (χ3n) is 1.32. The largest absolute Gasteiger partial charge is 0.370 e. The van der Waals surface area contributed by atoms with E-state index in [1.807, 2.05) is 0 Å². The molecule has 0 aliphatic carbocycles. The molecule has 6 heteroatoms. The van der Waals surface area contributed by atoms with Crippen LogP contribution in [0.2, 0.25) is 0 Å². The number of rotatable bonds is 3. The first-order valence-electron chi connectivity index (χ1n) is 3.94. The number of pyridine rings is 1. The van der Waals surface area contributed by atoms with E-state index in [9.17, 15) is 8.78 Å². The van der Waals surface area contributed by atoms with Gasteiger partial charge in [-0.1, -0.05) is 6.07 Å². The minimum atomic E-state index is -2.49. The minimum absolute atomic E-state index is 0.0657. The second-order valence-corrected chi connectivity index (χ2v) is 2.46. The van der Waals surface area contributed by atoms with Crippen molar-refractivity contribution in [1.82, 2.24) is 4.98 Å². The Hall–Kier alpha value is -1.72. The van der Waals surface area contributed by atoms with Crippen molar-refractivity contribution >= 4 is 11.8 Å². The van der Waals surface area contributed by atoms with Gasteiger partial charge in [-0.2, -0.15) is 0 Å². The summed E-state index contributed by atoms with van der Waals surface area (Å²) in [5.41, 5.74) is 5.32. The molecule has 0 spiro atoms. The highest BCUT2D eigenvalue weighted by molar-refractivity contribution is 5.91. The highest BCUT2D eigenvalue weighted by Crippen LogP contribution is 1.99. The topological polar surface area (TPSA) is 63.3 Å². The van der Waals surface area contributed by atoms with Crippen molar-refractivity contribution in [2.75, 3.05) is 11.9 Å². The zero-order valence-corrected chi connectivity index (χ0v) is 7.32. The first-order valence-corrected chi connectivity index (χ1v) is 3.94. The van der Waals surface area contributed by atoms with Crippen LogP contribution in [0.1, 0.15) is 0 Å². The first-order chi connectivity index (χ1) is 6.68. The van der Waals surface area contributed by atoms with Crippen molar-refractivity contribution in [3.8, 4) is 0 Å². The quantitative estimate of drug-likeness (QED) is 0.566. The number of hydrogen-bond donors (Lipinski definition) is 2. The highest BCUT2D eigenvalue weighted by Gasteiger charge is 2.00. The number of halogens is 2. The van der Waals surface area contributed by atoms with E-state index in [1.165, 1.54) is 0 Å². The van der Waals surface area contributed by atoms with Crippen LogP contribution in [0.15, 0.2) is 29.4 Å². The van der Waals surface area contributed by atoms with Crippen LogP contribution in [0.4, 0.5) is 14.6 Å². The van der Waals surface area contributed by atoms with Crippen molar-refractivity contribution in [3.05, 3.63) is 24.4 Å². The summed E-state index contributed by atoms with van der Waals surface area (Å²) in [6.07, 6.45) is -0.929. The van der Waals surface area contributed by atoms with Gasteiger partial charge in [0.25, 0.3) is 6.43 Å². The average Bonchev–Trinajstić information content (AvgIpc) is 2.16. The zero-order valence-electron chi connectivity index (χ0n) is 7.32. The Morgan fingerprint density at radius 3 is 2.93 bits per heavy atom. The molecule has 0 aliphatic rings. The Kier molecular flexibility index (Phi) is 3.78. The lowest BCUT2D eigenvalue weighted by molar-refractivity contribution is 0.158. The SMILES string of the molecule is NC(=NCC(F)F)Nc1ccccn1. The van der Waals surface area contributed by atoms with E-state index in [4.69, 9.17) is 5.73 Å². The predicted octanol–water partition coefficient (Wildman–Crippen LogP) is 1.07. The van der Waals surface area contributed by atoms with Crippen molar-refractivity contribution < 1.29 is 8.78 Å². The third kappa shape index (κ3) is 3.79. The number of aliphatic imine (C=N–C) groups is 1. The minimum Gasteiger partial charge on any atom is -0.370 e. The van der Waals surface area contributed by atoms with Crippen LogP contribution in [-0.4, -0.2) is 23.9 Å². The number of alkyl halides is 2. The molecule has 0 amide bonds. The van der Waals surface area contributed by atoms with Crippen LogP contribution in [0.25, 0.3) is 0 Å². The molecule has 0 radical (unpaired) electrons. The van der Waals surface area contributed by atoms with Crippen LogP contribution in [0.3, 0.4) is 0 Å². The molecular formula is C8H10F2N4. The van der Waals surface area contributed by atoms with Gasteiger partial charge in [0, 0.05) is 6.20 Å². The van der Waals surface area contributed by atoms with Gasteiger partial charge in [0.1, 0.15) is 12.4 Å². The number of hydrogen-bond acceptors (Lipinski definition) is 2. The molecule has 3 N–H and O–H groups in total. The fraction of sp³-hybridized carbons (Fsp3) is 0.250. The lowest BCUT2D eigenvalue weighted by Crippen LogP contribution is -2.24. The molecule has 0 aromatic carbocycles. The fourth-order valence-electron chi connectivity index (χ4n) is 0.775. The molecular weight excluding hydrogens is 190 g/mol. The Balaban J connectivity index is 2.49. The maximum atomic E-state index is 11.7. The van der Waals surface area contributed by atoms with E-state index < -0.39 is 13.0 Å². The van der Waals surface area contributed by atoms with Crippen molar-refractivity contribution in [1.29, 1.82) is 0 Å². The smallest absolute Gasteiger partial charge is 0.257 e. The number of nitrogens with zero attached hydrogens (tertiary/aromatic N) is 2. The predicted molar refractivity (Wildman–Crippen MR) is 50.4 cm³/mol. The Labute approximate surface area is 79.9 Å². The lowest BCUT2D eigenvalue weighted by Gasteiger charge is -2.03. The second kappa shape index (κ2) is 5.11. The number of nitrogens with two attached hydrogens (primary N) is 1. The van der Waals surface area contributed by atoms with E-state index >= 15 is 0 Å². The molecule has 0 unspecified atom stereocenters. The van der Waals surface area contributed by atoms with Gasteiger partial charge in [-0.3, -0.25) is 0 Å². The third-order valence-corrected chi connectivity index (χ3v) is 1.32. The van der Waals surface area contributed by atoms with Crippen molar-refractivity contribution in [2.24, 2.45) is 10.7 Å². The van der Waals surface area contributed by atoms with Crippen LogP contribution >= 0.6 is 0 Å². The van der Waals surface area contributed by atoms with Crippen LogP contribution in [0, 0.1) is 0 Å². The average molecular weight is 200 g/mol. The van der Waals surface area contributed by atoms with Gasteiger partial charge >= 0.3 is 0 Å². The van der Waals surface area contributed by atoms with Gasteiger partial charge in [0.15, 0.2) is 5.96 Å². The van der Waals surface area contributed by atoms with Gasteiger partial charge in [0.2, 0.25) is 0 Å². The van der Waals surface area contributed by atoms with E-state index in [0.717, 1.165) is 0 Å². The van der Waals surface area contributed by atoms with Crippen LogP contribution in [0.5, 0.6) is 0 Å².